The van der Waals surface area contributed by atoms with Gasteiger partial charge in [-0.3, -0.25) is 9.69 Å². The fourth-order valence-electron chi connectivity index (χ4n) is 4.07. The lowest BCUT2D eigenvalue weighted by atomic mass is 9.92. The minimum absolute atomic E-state index is 0.0727. The van der Waals surface area contributed by atoms with Crippen molar-refractivity contribution in [1.29, 1.82) is 0 Å². The summed E-state index contributed by atoms with van der Waals surface area (Å²) in [5.74, 6) is -1.11. The van der Waals surface area contributed by atoms with E-state index in [1.54, 1.807) is 6.92 Å². The molecule has 1 aromatic carbocycles. The van der Waals surface area contributed by atoms with E-state index < -0.39 is 33.9 Å². The number of nitrogens with two attached hydrogens (primary N) is 1. The van der Waals surface area contributed by atoms with Gasteiger partial charge in [0, 0.05) is 31.7 Å². The van der Waals surface area contributed by atoms with Crippen molar-refractivity contribution in [2.24, 2.45) is 5.73 Å². The summed E-state index contributed by atoms with van der Waals surface area (Å²) >= 11 is 0. The summed E-state index contributed by atoms with van der Waals surface area (Å²) in [5.41, 5.74) is 5.93. The molecule has 4 N–H and O–H groups in total. The second kappa shape index (κ2) is 9.92. The summed E-state index contributed by atoms with van der Waals surface area (Å²) < 4.78 is 41.0. The van der Waals surface area contributed by atoms with Crippen LogP contribution < -0.4 is 16.4 Å². The van der Waals surface area contributed by atoms with Crippen molar-refractivity contribution in [3.05, 3.63) is 30.1 Å². The van der Waals surface area contributed by atoms with Crippen LogP contribution in [0.15, 0.2) is 29.2 Å². The monoisotopic (exact) mass is 455 g/mol. The summed E-state index contributed by atoms with van der Waals surface area (Å²) in [7, 11) is -4.14. The Morgan fingerprint density at radius 3 is 2.39 bits per heavy atom. The van der Waals surface area contributed by atoms with Gasteiger partial charge < -0.3 is 16.4 Å². The van der Waals surface area contributed by atoms with Crippen LogP contribution in [0.4, 0.5) is 9.18 Å². The zero-order valence-corrected chi connectivity index (χ0v) is 18.4. The molecule has 0 spiro atoms. The third kappa shape index (κ3) is 5.34. The van der Waals surface area contributed by atoms with Gasteiger partial charge in [-0.05, 0) is 63.3 Å². The molecule has 3 amide bonds. The molecule has 31 heavy (non-hydrogen) atoms. The predicted octanol–water partition coefficient (Wildman–Crippen LogP) is 0.964. The van der Waals surface area contributed by atoms with E-state index in [0.717, 1.165) is 41.4 Å². The van der Waals surface area contributed by atoms with Crippen LogP contribution in [-0.4, -0.2) is 67.4 Å². The van der Waals surface area contributed by atoms with Crippen LogP contribution in [-0.2, 0) is 14.8 Å². The molecule has 3 rings (SSSR count). The van der Waals surface area contributed by atoms with Gasteiger partial charge in [-0.2, -0.15) is 4.31 Å². The van der Waals surface area contributed by atoms with Crippen LogP contribution in [0.2, 0.25) is 0 Å². The molecule has 1 heterocycles. The molecule has 1 unspecified atom stereocenters. The van der Waals surface area contributed by atoms with Crippen molar-refractivity contribution in [2.75, 3.05) is 19.6 Å². The van der Waals surface area contributed by atoms with Crippen molar-refractivity contribution in [1.82, 2.24) is 19.8 Å². The molecule has 2 fully saturated rings. The van der Waals surface area contributed by atoms with E-state index >= 15 is 0 Å². The number of hydrogen-bond donors (Lipinski definition) is 3. The SMILES string of the molecule is CCNC(=O)N1CCCN(S(=O)(=O)c2ccc(F)cc2)C1C(=O)NC1CCC(N)CC1. The maximum Gasteiger partial charge on any atom is 0.319 e. The van der Waals surface area contributed by atoms with Gasteiger partial charge >= 0.3 is 6.03 Å². The highest BCUT2D eigenvalue weighted by Crippen LogP contribution is 2.25. The smallest absolute Gasteiger partial charge is 0.319 e. The van der Waals surface area contributed by atoms with E-state index in [4.69, 9.17) is 5.73 Å². The van der Waals surface area contributed by atoms with Crippen molar-refractivity contribution < 1.29 is 22.4 Å². The quantitative estimate of drug-likeness (QED) is 0.610. The van der Waals surface area contributed by atoms with Gasteiger partial charge in [-0.15, -0.1) is 0 Å². The van der Waals surface area contributed by atoms with Crippen molar-refractivity contribution in [3.8, 4) is 0 Å². The van der Waals surface area contributed by atoms with Crippen molar-refractivity contribution in [2.45, 2.75) is 62.2 Å². The van der Waals surface area contributed by atoms with E-state index in [0.29, 0.717) is 25.8 Å². The Morgan fingerprint density at radius 1 is 1.13 bits per heavy atom. The van der Waals surface area contributed by atoms with Crippen molar-refractivity contribution >= 4 is 22.0 Å². The topological polar surface area (TPSA) is 125 Å². The van der Waals surface area contributed by atoms with Crippen LogP contribution in [0.1, 0.15) is 39.0 Å². The first-order valence-electron chi connectivity index (χ1n) is 10.6. The lowest BCUT2D eigenvalue weighted by Crippen LogP contribution is -2.65. The number of halogens is 1. The fraction of sp³-hybridized carbons (Fsp3) is 0.600. The number of urea groups is 1. The fourth-order valence-corrected chi connectivity index (χ4v) is 5.66. The molecule has 9 nitrogen and oxygen atoms in total. The third-order valence-electron chi connectivity index (χ3n) is 5.71. The van der Waals surface area contributed by atoms with Crippen LogP contribution in [0, 0.1) is 5.82 Å². The second-order valence-electron chi connectivity index (χ2n) is 7.95. The molecule has 2 aliphatic rings. The average Bonchev–Trinajstić information content (AvgIpc) is 2.75. The number of carbonyl (C=O) groups excluding carboxylic acids is 2. The summed E-state index contributed by atoms with van der Waals surface area (Å²) in [5, 5.41) is 5.56. The number of nitrogens with one attached hydrogen (secondary N) is 2. The number of carbonyl (C=O) groups is 2. The van der Waals surface area contributed by atoms with Crippen LogP contribution >= 0.6 is 0 Å². The average molecular weight is 456 g/mol. The van der Waals surface area contributed by atoms with E-state index in [1.165, 1.54) is 4.90 Å². The van der Waals surface area contributed by atoms with E-state index in [9.17, 15) is 22.4 Å². The maximum absolute atomic E-state index is 13.3. The van der Waals surface area contributed by atoms with Crippen LogP contribution in [0.3, 0.4) is 0 Å². The Labute approximate surface area is 182 Å². The molecule has 172 valence electrons. The number of benzene rings is 1. The number of hydrogen-bond acceptors (Lipinski definition) is 5. The standard InChI is InChI=1S/C20H30FN5O4S/c1-2-23-20(28)25-12-3-13-26(31(29,30)17-10-4-14(21)5-11-17)19(25)18(27)24-16-8-6-15(22)7-9-16/h4-5,10-11,15-16,19H,2-3,6-9,12-13,22H2,1H3,(H,23,28)(H,24,27). The minimum Gasteiger partial charge on any atom is -0.350 e. The van der Waals surface area contributed by atoms with Gasteiger partial charge in [0.05, 0.1) is 4.90 Å². The van der Waals surface area contributed by atoms with Gasteiger partial charge in [0.25, 0.3) is 5.91 Å². The molecule has 1 aliphatic carbocycles. The molecule has 11 heteroatoms. The Morgan fingerprint density at radius 2 is 1.77 bits per heavy atom. The van der Waals surface area contributed by atoms with E-state index in [-0.39, 0.29) is 30.1 Å². The molecule has 1 saturated heterocycles. The van der Waals surface area contributed by atoms with E-state index in [2.05, 4.69) is 10.6 Å². The Hall–Kier alpha value is -2.24. The minimum atomic E-state index is -4.14. The zero-order valence-electron chi connectivity index (χ0n) is 17.6. The molecule has 1 aliphatic heterocycles. The predicted molar refractivity (Wildman–Crippen MR) is 113 cm³/mol. The Balaban J connectivity index is 1.90. The van der Waals surface area contributed by atoms with E-state index in [1.807, 2.05) is 0 Å². The van der Waals surface area contributed by atoms with Gasteiger partial charge in [-0.25, -0.2) is 17.6 Å². The highest BCUT2D eigenvalue weighted by molar-refractivity contribution is 7.89. The zero-order chi connectivity index (χ0) is 22.6. The van der Waals surface area contributed by atoms with Gasteiger partial charge in [-0.1, -0.05) is 0 Å². The molecular weight excluding hydrogens is 425 g/mol. The summed E-state index contributed by atoms with van der Waals surface area (Å²) in [6, 6.07) is 3.90. The summed E-state index contributed by atoms with van der Waals surface area (Å²) in [6.45, 7) is 2.41. The number of amides is 3. The lowest BCUT2D eigenvalue weighted by molar-refractivity contribution is -0.131. The van der Waals surface area contributed by atoms with Crippen LogP contribution in [0.25, 0.3) is 0 Å². The first kappa shape index (κ1) is 23.4. The van der Waals surface area contributed by atoms with Gasteiger partial charge in [0.15, 0.2) is 6.17 Å². The second-order valence-corrected chi connectivity index (χ2v) is 9.84. The summed E-state index contributed by atoms with van der Waals surface area (Å²) in [4.78, 5) is 27.0. The molecule has 0 radical (unpaired) electrons. The largest absolute Gasteiger partial charge is 0.350 e. The number of nitrogens with zero attached hydrogens (tertiary/aromatic N) is 2. The number of rotatable bonds is 5. The molecule has 1 saturated carbocycles. The third-order valence-corrected chi connectivity index (χ3v) is 7.57. The molecule has 1 aromatic rings. The highest BCUT2D eigenvalue weighted by atomic mass is 32.2. The molecular formula is C20H30FN5O4S. The van der Waals surface area contributed by atoms with Gasteiger partial charge in [0.1, 0.15) is 5.82 Å². The Kier molecular flexibility index (Phi) is 7.50. The maximum atomic E-state index is 13.3. The van der Waals surface area contributed by atoms with Crippen molar-refractivity contribution in [3.63, 3.8) is 0 Å². The van der Waals surface area contributed by atoms with Gasteiger partial charge in [0.2, 0.25) is 10.0 Å². The Bertz CT molecular complexity index is 887. The van der Waals surface area contributed by atoms with Crippen LogP contribution in [0.5, 0.6) is 0 Å². The first-order valence-corrected chi connectivity index (χ1v) is 12.1. The normalized spacial score (nSPS) is 25.1. The molecule has 1 atom stereocenters. The molecule has 0 aromatic heterocycles. The molecule has 0 bridgehead atoms. The first-order chi connectivity index (χ1) is 14.7. The number of sulfonamides is 1. The summed E-state index contributed by atoms with van der Waals surface area (Å²) in [6.07, 6.45) is 1.99. The lowest BCUT2D eigenvalue weighted by Gasteiger charge is -2.42. The highest BCUT2D eigenvalue weighted by Gasteiger charge is 2.44.